The van der Waals surface area contributed by atoms with Gasteiger partial charge < -0.3 is 24.8 Å². The molecule has 3 amide bonds. The van der Waals surface area contributed by atoms with E-state index in [1.807, 2.05) is 59.6 Å². The fraction of sp³-hybridized carbons (Fsp3) is 0.455. The summed E-state index contributed by atoms with van der Waals surface area (Å²) in [6.45, 7) is 1.74. The smallest absolute Gasteiger partial charge is 0.321 e. The fourth-order valence-electron chi connectivity index (χ4n) is 3.48. The number of thiophene rings is 1. The molecule has 1 N–H and O–H groups in total. The molecule has 2 aromatic rings. The van der Waals surface area contributed by atoms with Crippen molar-refractivity contribution in [3.8, 4) is 0 Å². The van der Waals surface area contributed by atoms with Gasteiger partial charge in [0.15, 0.2) is 0 Å². The zero-order chi connectivity index (χ0) is 21.7. The lowest BCUT2D eigenvalue weighted by atomic mass is 10.1. The van der Waals surface area contributed by atoms with Crippen LogP contribution in [-0.2, 0) is 11.3 Å². The van der Waals surface area contributed by atoms with Crippen LogP contribution in [0, 0.1) is 0 Å². The van der Waals surface area contributed by atoms with Crippen LogP contribution in [0.15, 0.2) is 35.7 Å². The lowest BCUT2D eigenvalue weighted by molar-refractivity contribution is 0.0511. The Labute approximate surface area is 182 Å². The zero-order valence-corrected chi connectivity index (χ0v) is 18.9. The average molecular weight is 431 g/mol. The van der Waals surface area contributed by atoms with Gasteiger partial charge in [0.1, 0.15) is 0 Å². The third-order valence-corrected chi connectivity index (χ3v) is 5.90. The van der Waals surface area contributed by atoms with Crippen molar-refractivity contribution in [1.82, 2.24) is 9.80 Å². The summed E-state index contributed by atoms with van der Waals surface area (Å²) < 4.78 is 5.81. The lowest BCUT2D eigenvalue weighted by Crippen LogP contribution is -2.37. The maximum Gasteiger partial charge on any atom is 0.321 e. The van der Waals surface area contributed by atoms with Gasteiger partial charge in [0, 0.05) is 59.3 Å². The third kappa shape index (κ3) is 5.52. The van der Waals surface area contributed by atoms with Crippen molar-refractivity contribution in [2.75, 3.05) is 51.6 Å². The Morgan fingerprint density at radius 3 is 2.60 bits per heavy atom. The number of carbonyl (C=O) groups excluding carboxylic acids is 2. The van der Waals surface area contributed by atoms with E-state index in [0.29, 0.717) is 18.8 Å². The average Bonchev–Trinajstić information content (AvgIpc) is 3.41. The molecule has 0 radical (unpaired) electrons. The van der Waals surface area contributed by atoms with E-state index in [1.165, 1.54) is 16.2 Å². The van der Waals surface area contributed by atoms with Gasteiger partial charge in [-0.05, 0) is 48.1 Å². The number of carbonyl (C=O) groups is 2. The van der Waals surface area contributed by atoms with Crippen LogP contribution >= 0.6 is 11.3 Å². The van der Waals surface area contributed by atoms with Crippen molar-refractivity contribution >= 4 is 34.6 Å². The highest BCUT2D eigenvalue weighted by molar-refractivity contribution is 7.12. The minimum atomic E-state index is -0.190. The van der Waals surface area contributed by atoms with Crippen LogP contribution in [0.1, 0.15) is 28.1 Å². The highest BCUT2D eigenvalue weighted by atomic mass is 32.1. The first-order chi connectivity index (χ1) is 14.3. The first-order valence-electron chi connectivity index (χ1n) is 10.1. The molecule has 0 unspecified atom stereocenters. The van der Waals surface area contributed by atoms with E-state index >= 15 is 0 Å². The van der Waals surface area contributed by atoms with E-state index in [2.05, 4.69) is 5.32 Å². The van der Waals surface area contributed by atoms with Crippen LogP contribution in [0.25, 0.3) is 0 Å². The van der Waals surface area contributed by atoms with E-state index < -0.39 is 0 Å². The largest absolute Gasteiger partial charge is 0.377 e. The monoisotopic (exact) mass is 430 g/mol. The van der Waals surface area contributed by atoms with Crippen LogP contribution in [0.4, 0.5) is 16.2 Å². The maximum absolute atomic E-state index is 13.2. The highest BCUT2D eigenvalue weighted by Crippen LogP contribution is 2.27. The SMILES string of the molecule is CN(C)C(=O)Nc1ccc(N(C)C)c(CN(C[C@H]2CCCO2)C(=O)c2cccs2)c1. The minimum Gasteiger partial charge on any atom is -0.377 e. The molecule has 0 saturated carbocycles. The number of nitrogens with one attached hydrogen (secondary N) is 1. The van der Waals surface area contributed by atoms with E-state index in [4.69, 9.17) is 4.74 Å². The summed E-state index contributed by atoms with van der Waals surface area (Å²) in [5.74, 6) is 0.00735. The Morgan fingerprint density at radius 1 is 1.20 bits per heavy atom. The second kappa shape index (κ2) is 9.95. The Kier molecular flexibility index (Phi) is 7.33. The predicted octanol–water partition coefficient (Wildman–Crippen LogP) is 3.73. The second-order valence-electron chi connectivity index (χ2n) is 7.86. The van der Waals surface area contributed by atoms with Gasteiger partial charge in [-0.25, -0.2) is 4.79 Å². The van der Waals surface area contributed by atoms with E-state index in [9.17, 15) is 9.59 Å². The Morgan fingerprint density at radius 2 is 2.00 bits per heavy atom. The molecule has 2 heterocycles. The second-order valence-corrected chi connectivity index (χ2v) is 8.81. The zero-order valence-electron chi connectivity index (χ0n) is 18.1. The third-order valence-electron chi connectivity index (χ3n) is 5.05. The highest BCUT2D eigenvalue weighted by Gasteiger charge is 2.25. The molecule has 8 heteroatoms. The molecule has 0 aliphatic carbocycles. The number of urea groups is 1. The number of anilines is 2. The number of ether oxygens (including phenoxy) is 1. The molecule has 0 bridgehead atoms. The fourth-order valence-corrected chi connectivity index (χ4v) is 4.17. The van der Waals surface area contributed by atoms with Gasteiger partial charge in [0.05, 0.1) is 11.0 Å². The number of hydrogen-bond acceptors (Lipinski definition) is 5. The van der Waals surface area contributed by atoms with Crippen LogP contribution in [0.2, 0.25) is 0 Å². The van der Waals surface area contributed by atoms with Crippen molar-refractivity contribution in [2.45, 2.75) is 25.5 Å². The van der Waals surface area contributed by atoms with Gasteiger partial charge in [0.25, 0.3) is 5.91 Å². The molecule has 1 fully saturated rings. The molecule has 1 saturated heterocycles. The van der Waals surface area contributed by atoms with Gasteiger partial charge in [-0.1, -0.05) is 6.07 Å². The number of benzene rings is 1. The number of nitrogens with zero attached hydrogens (tertiary/aromatic N) is 3. The van der Waals surface area contributed by atoms with Gasteiger partial charge in [-0.3, -0.25) is 4.79 Å². The van der Waals surface area contributed by atoms with Crippen LogP contribution in [0.5, 0.6) is 0 Å². The summed E-state index contributed by atoms with van der Waals surface area (Å²) in [6.07, 6.45) is 2.06. The molecular formula is C22H30N4O3S. The molecule has 7 nitrogen and oxygen atoms in total. The topological polar surface area (TPSA) is 65.1 Å². The van der Waals surface area contributed by atoms with Gasteiger partial charge in [0.2, 0.25) is 0 Å². The molecule has 30 heavy (non-hydrogen) atoms. The Hall–Kier alpha value is -2.58. The van der Waals surface area contributed by atoms with Crippen LogP contribution < -0.4 is 10.2 Å². The Balaban J connectivity index is 1.88. The van der Waals surface area contributed by atoms with E-state index in [-0.39, 0.29) is 18.0 Å². The number of amides is 3. The summed E-state index contributed by atoms with van der Waals surface area (Å²) in [4.78, 5) is 31.4. The molecule has 1 atom stereocenters. The van der Waals surface area contributed by atoms with Crippen molar-refractivity contribution in [2.24, 2.45) is 0 Å². The van der Waals surface area contributed by atoms with Crippen molar-refractivity contribution in [1.29, 1.82) is 0 Å². The molecule has 1 aliphatic heterocycles. The summed E-state index contributed by atoms with van der Waals surface area (Å²) in [5.41, 5.74) is 2.68. The van der Waals surface area contributed by atoms with Gasteiger partial charge >= 0.3 is 6.03 Å². The Bertz CT molecular complexity index is 861. The maximum atomic E-state index is 13.2. The van der Waals surface area contributed by atoms with Crippen molar-refractivity contribution < 1.29 is 14.3 Å². The van der Waals surface area contributed by atoms with Gasteiger partial charge in [-0.2, -0.15) is 0 Å². The molecule has 162 valence electrons. The standard InChI is InChI=1S/C22H30N4O3S/c1-24(2)19-10-9-17(23-22(28)25(3)4)13-16(19)14-26(15-18-7-5-11-29-18)21(27)20-8-6-12-30-20/h6,8-10,12-13,18H,5,7,11,14-15H2,1-4H3,(H,23,28)/t18-/m1/s1. The summed E-state index contributed by atoms with van der Waals surface area (Å²) in [6, 6.07) is 9.36. The van der Waals surface area contributed by atoms with Crippen LogP contribution in [-0.4, -0.2) is 69.2 Å². The minimum absolute atomic E-state index is 0.00735. The molecule has 3 rings (SSSR count). The lowest BCUT2D eigenvalue weighted by Gasteiger charge is -2.28. The normalized spacial score (nSPS) is 15.7. The summed E-state index contributed by atoms with van der Waals surface area (Å²) in [7, 11) is 7.35. The van der Waals surface area contributed by atoms with Crippen molar-refractivity contribution in [3.63, 3.8) is 0 Å². The molecule has 1 aliphatic rings. The number of rotatable bonds is 7. The summed E-state index contributed by atoms with van der Waals surface area (Å²) >= 11 is 1.45. The predicted molar refractivity (Wildman–Crippen MR) is 122 cm³/mol. The first kappa shape index (κ1) is 22.1. The van der Waals surface area contributed by atoms with Crippen LogP contribution in [0.3, 0.4) is 0 Å². The van der Waals surface area contributed by atoms with Gasteiger partial charge in [-0.15, -0.1) is 11.3 Å². The molecule has 1 aromatic carbocycles. The molecule has 1 aromatic heterocycles. The molecular weight excluding hydrogens is 400 g/mol. The summed E-state index contributed by atoms with van der Waals surface area (Å²) in [5, 5.41) is 4.81. The van der Waals surface area contributed by atoms with Crippen molar-refractivity contribution in [3.05, 3.63) is 46.2 Å². The van der Waals surface area contributed by atoms with E-state index in [1.54, 1.807) is 14.1 Å². The molecule has 0 spiro atoms. The quantitative estimate of drug-likeness (QED) is 0.727. The first-order valence-corrected chi connectivity index (χ1v) is 11.0. The van der Waals surface area contributed by atoms with E-state index in [0.717, 1.165) is 35.6 Å². The number of hydrogen-bond donors (Lipinski definition) is 1.